The zero-order valence-corrected chi connectivity index (χ0v) is 13.7. The highest BCUT2D eigenvalue weighted by Crippen LogP contribution is 2.34. The molecule has 1 aromatic heterocycles. The molecule has 1 atom stereocenters. The molecule has 0 saturated carbocycles. The maximum Gasteiger partial charge on any atom is 0.217 e. The lowest BCUT2D eigenvalue weighted by Gasteiger charge is -2.32. The predicted molar refractivity (Wildman–Crippen MR) is 88.4 cm³/mol. The SMILES string of the molecule is CC(=O)NC1CCCN(c2nc3c(C)cc(Cl)cc3s2)C1. The second kappa shape index (κ2) is 5.81. The molecule has 0 aliphatic carbocycles. The van der Waals surface area contributed by atoms with Gasteiger partial charge in [-0.1, -0.05) is 22.9 Å². The summed E-state index contributed by atoms with van der Waals surface area (Å²) in [4.78, 5) is 18.3. The zero-order valence-electron chi connectivity index (χ0n) is 12.1. The van der Waals surface area contributed by atoms with Gasteiger partial charge in [0.05, 0.1) is 10.2 Å². The van der Waals surface area contributed by atoms with Crippen LogP contribution in [0.15, 0.2) is 12.1 Å². The van der Waals surface area contributed by atoms with E-state index in [0.717, 1.165) is 51.9 Å². The van der Waals surface area contributed by atoms with Gasteiger partial charge in [-0.05, 0) is 37.5 Å². The van der Waals surface area contributed by atoms with E-state index < -0.39 is 0 Å². The molecular formula is C15H18ClN3OS. The van der Waals surface area contributed by atoms with Crippen LogP contribution in [0, 0.1) is 6.92 Å². The van der Waals surface area contributed by atoms with Crippen LogP contribution in [-0.2, 0) is 4.79 Å². The van der Waals surface area contributed by atoms with Gasteiger partial charge in [-0.15, -0.1) is 0 Å². The highest BCUT2D eigenvalue weighted by molar-refractivity contribution is 7.22. The maximum atomic E-state index is 11.2. The molecule has 0 radical (unpaired) electrons. The van der Waals surface area contributed by atoms with Gasteiger partial charge < -0.3 is 10.2 Å². The van der Waals surface area contributed by atoms with Gasteiger partial charge in [0.2, 0.25) is 5.91 Å². The normalized spacial score (nSPS) is 19.0. The quantitative estimate of drug-likeness (QED) is 0.921. The fraction of sp³-hybridized carbons (Fsp3) is 0.467. The minimum atomic E-state index is 0.0359. The molecule has 1 aromatic carbocycles. The van der Waals surface area contributed by atoms with E-state index in [4.69, 9.17) is 16.6 Å². The number of rotatable bonds is 2. The summed E-state index contributed by atoms with van der Waals surface area (Å²) in [5.41, 5.74) is 2.14. The van der Waals surface area contributed by atoms with Crippen molar-refractivity contribution in [2.45, 2.75) is 32.7 Å². The zero-order chi connectivity index (χ0) is 15.0. The van der Waals surface area contributed by atoms with E-state index in [0.29, 0.717) is 0 Å². The van der Waals surface area contributed by atoms with Gasteiger partial charge in [0.1, 0.15) is 0 Å². The lowest BCUT2D eigenvalue weighted by molar-refractivity contribution is -0.119. The third kappa shape index (κ3) is 3.14. The van der Waals surface area contributed by atoms with E-state index in [1.54, 1.807) is 18.3 Å². The second-order valence-corrected chi connectivity index (χ2v) is 7.00. The summed E-state index contributed by atoms with van der Waals surface area (Å²) in [6.07, 6.45) is 2.10. The van der Waals surface area contributed by atoms with Crippen molar-refractivity contribution in [3.05, 3.63) is 22.7 Å². The van der Waals surface area contributed by atoms with Crippen LogP contribution >= 0.6 is 22.9 Å². The first kappa shape index (κ1) is 14.6. The number of carbonyl (C=O) groups is 1. The molecule has 21 heavy (non-hydrogen) atoms. The molecule has 0 spiro atoms. The van der Waals surface area contributed by atoms with Gasteiger partial charge in [-0.2, -0.15) is 0 Å². The Morgan fingerprint density at radius 3 is 3.10 bits per heavy atom. The average molecular weight is 324 g/mol. The molecule has 0 bridgehead atoms. The number of halogens is 1. The van der Waals surface area contributed by atoms with Crippen LogP contribution in [0.5, 0.6) is 0 Å². The number of anilines is 1. The van der Waals surface area contributed by atoms with E-state index in [2.05, 4.69) is 10.2 Å². The first-order chi connectivity index (χ1) is 10.0. The monoisotopic (exact) mass is 323 g/mol. The Labute approximate surface area is 133 Å². The van der Waals surface area contributed by atoms with Gasteiger partial charge in [0, 0.05) is 31.1 Å². The fourth-order valence-electron chi connectivity index (χ4n) is 2.83. The number of hydrogen-bond acceptors (Lipinski definition) is 4. The molecule has 3 rings (SSSR count). The number of hydrogen-bond donors (Lipinski definition) is 1. The van der Waals surface area contributed by atoms with Crippen LogP contribution in [0.2, 0.25) is 5.02 Å². The Hall–Kier alpha value is -1.33. The first-order valence-corrected chi connectivity index (χ1v) is 8.31. The summed E-state index contributed by atoms with van der Waals surface area (Å²) in [6.45, 7) is 5.42. The van der Waals surface area contributed by atoms with E-state index in [9.17, 15) is 4.79 Å². The van der Waals surface area contributed by atoms with Crippen LogP contribution in [0.1, 0.15) is 25.3 Å². The minimum Gasteiger partial charge on any atom is -0.352 e. The number of aromatic nitrogens is 1. The third-order valence-electron chi connectivity index (χ3n) is 3.74. The largest absolute Gasteiger partial charge is 0.352 e. The van der Waals surface area contributed by atoms with Crippen molar-refractivity contribution in [2.24, 2.45) is 0 Å². The number of piperidine rings is 1. The number of fused-ring (bicyclic) bond motifs is 1. The molecule has 1 saturated heterocycles. The van der Waals surface area contributed by atoms with Crippen LogP contribution < -0.4 is 10.2 Å². The highest BCUT2D eigenvalue weighted by Gasteiger charge is 2.23. The van der Waals surface area contributed by atoms with Gasteiger partial charge in [0.25, 0.3) is 0 Å². The lowest BCUT2D eigenvalue weighted by Crippen LogP contribution is -2.47. The molecular weight excluding hydrogens is 306 g/mol. The average Bonchev–Trinajstić information content (AvgIpc) is 2.82. The van der Waals surface area contributed by atoms with Crippen molar-refractivity contribution in [3.63, 3.8) is 0 Å². The Morgan fingerprint density at radius 2 is 2.33 bits per heavy atom. The van der Waals surface area contributed by atoms with Crippen LogP contribution in [0.25, 0.3) is 10.2 Å². The number of carbonyl (C=O) groups excluding carboxylic acids is 1. The summed E-state index contributed by atoms with van der Waals surface area (Å²) in [5, 5.41) is 4.78. The van der Waals surface area contributed by atoms with Crippen LogP contribution in [0.3, 0.4) is 0 Å². The molecule has 4 nitrogen and oxygen atoms in total. The second-order valence-electron chi connectivity index (χ2n) is 5.55. The molecule has 6 heteroatoms. The van der Waals surface area contributed by atoms with Gasteiger partial charge >= 0.3 is 0 Å². The van der Waals surface area contributed by atoms with Crippen molar-refractivity contribution in [1.29, 1.82) is 0 Å². The summed E-state index contributed by atoms with van der Waals surface area (Å²) in [5.74, 6) is 0.0359. The van der Waals surface area contributed by atoms with Gasteiger partial charge in [0.15, 0.2) is 5.13 Å². The third-order valence-corrected chi connectivity index (χ3v) is 5.02. The Kier molecular flexibility index (Phi) is 4.04. The molecule has 1 unspecified atom stereocenters. The molecule has 2 heterocycles. The molecule has 1 aliphatic rings. The van der Waals surface area contributed by atoms with Crippen LogP contribution in [0.4, 0.5) is 5.13 Å². The number of benzene rings is 1. The number of thiazole rings is 1. The molecule has 112 valence electrons. The Bertz CT molecular complexity index is 685. The van der Waals surface area contributed by atoms with Crippen LogP contribution in [-0.4, -0.2) is 30.0 Å². The van der Waals surface area contributed by atoms with E-state index >= 15 is 0 Å². The highest BCUT2D eigenvalue weighted by atomic mass is 35.5. The standard InChI is InChI=1S/C15H18ClN3OS/c1-9-6-11(16)7-13-14(9)18-15(21-13)19-5-3-4-12(8-19)17-10(2)20/h6-7,12H,3-5,8H2,1-2H3,(H,17,20). The first-order valence-electron chi connectivity index (χ1n) is 7.11. The van der Waals surface area contributed by atoms with Gasteiger partial charge in [-0.25, -0.2) is 4.98 Å². The van der Waals surface area contributed by atoms with Crippen molar-refractivity contribution in [1.82, 2.24) is 10.3 Å². The molecule has 1 amide bonds. The topological polar surface area (TPSA) is 45.2 Å². The van der Waals surface area contributed by atoms with Crippen molar-refractivity contribution in [3.8, 4) is 0 Å². The summed E-state index contributed by atoms with van der Waals surface area (Å²) in [7, 11) is 0. The maximum absolute atomic E-state index is 11.2. The molecule has 1 N–H and O–H groups in total. The summed E-state index contributed by atoms with van der Waals surface area (Å²) >= 11 is 7.79. The van der Waals surface area contributed by atoms with Crippen molar-refractivity contribution >= 4 is 44.2 Å². The number of nitrogens with zero attached hydrogens (tertiary/aromatic N) is 2. The summed E-state index contributed by atoms with van der Waals surface area (Å²) < 4.78 is 1.12. The van der Waals surface area contributed by atoms with Crippen molar-refractivity contribution < 1.29 is 4.79 Å². The van der Waals surface area contributed by atoms with E-state index in [1.165, 1.54) is 0 Å². The number of amides is 1. The number of nitrogens with one attached hydrogen (secondary N) is 1. The molecule has 1 aliphatic heterocycles. The lowest BCUT2D eigenvalue weighted by atomic mass is 10.1. The predicted octanol–water partition coefficient (Wildman–Crippen LogP) is 3.36. The Morgan fingerprint density at radius 1 is 1.52 bits per heavy atom. The smallest absolute Gasteiger partial charge is 0.217 e. The van der Waals surface area contributed by atoms with Gasteiger partial charge in [-0.3, -0.25) is 4.79 Å². The van der Waals surface area contributed by atoms with E-state index in [-0.39, 0.29) is 11.9 Å². The number of aryl methyl sites for hydroxylation is 1. The minimum absolute atomic E-state index is 0.0359. The summed E-state index contributed by atoms with van der Waals surface area (Å²) in [6, 6.07) is 4.14. The van der Waals surface area contributed by atoms with Crippen molar-refractivity contribution in [2.75, 3.05) is 18.0 Å². The fourth-order valence-corrected chi connectivity index (χ4v) is 4.29. The Balaban J connectivity index is 1.86. The molecule has 1 fully saturated rings. The van der Waals surface area contributed by atoms with E-state index in [1.807, 2.05) is 19.1 Å². The molecule has 2 aromatic rings.